The second-order valence-electron chi connectivity index (χ2n) is 4.39. The summed E-state index contributed by atoms with van der Waals surface area (Å²) < 4.78 is 24.1. The number of rotatable bonds is 3. The number of nitrogens with one attached hydrogen (secondary N) is 1. The predicted molar refractivity (Wildman–Crippen MR) is 64.3 cm³/mol. The Labute approximate surface area is 96.8 Å². The summed E-state index contributed by atoms with van der Waals surface area (Å²) >= 11 is 0. The first-order chi connectivity index (χ1) is 7.58. The van der Waals surface area contributed by atoms with Gasteiger partial charge in [-0.25, -0.2) is 8.42 Å². The third kappa shape index (κ3) is 2.62. The van der Waals surface area contributed by atoms with E-state index in [1.54, 1.807) is 12.1 Å². The van der Waals surface area contributed by atoms with Gasteiger partial charge in [-0.05, 0) is 38.4 Å². The van der Waals surface area contributed by atoms with Gasteiger partial charge >= 0.3 is 0 Å². The van der Waals surface area contributed by atoms with Crippen molar-refractivity contribution in [3.8, 4) is 0 Å². The number of hydrogen-bond donors (Lipinski definition) is 1. The zero-order chi connectivity index (χ0) is 11.6. The van der Waals surface area contributed by atoms with Gasteiger partial charge in [0.2, 0.25) is 0 Å². The van der Waals surface area contributed by atoms with E-state index >= 15 is 0 Å². The van der Waals surface area contributed by atoms with Crippen molar-refractivity contribution >= 4 is 9.84 Å². The van der Waals surface area contributed by atoms with E-state index < -0.39 is 9.84 Å². The van der Waals surface area contributed by atoms with Crippen molar-refractivity contribution in [3.63, 3.8) is 0 Å². The van der Waals surface area contributed by atoms with Crippen molar-refractivity contribution in [2.75, 3.05) is 12.3 Å². The van der Waals surface area contributed by atoms with E-state index in [9.17, 15) is 8.42 Å². The van der Waals surface area contributed by atoms with Gasteiger partial charge < -0.3 is 5.32 Å². The Bertz CT molecular complexity index is 444. The molecule has 1 saturated heterocycles. The number of benzene rings is 1. The summed E-state index contributed by atoms with van der Waals surface area (Å²) in [4.78, 5) is 0.437. The molecule has 0 bridgehead atoms. The molecule has 1 aromatic rings. The fourth-order valence-electron chi connectivity index (χ4n) is 2.01. The maximum Gasteiger partial charge on any atom is 0.179 e. The van der Waals surface area contributed by atoms with Gasteiger partial charge in [-0.15, -0.1) is 0 Å². The fraction of sp³-hybridized carbons (Fsp3) is 0.500. The molecule has 0 radical (unpaired) electrons. The highest BCUT2D eigenvalue weighted by Crippen LogP contribution is 2.16. The molecule has 0 saturated carbocycles. The zero-order valence-electron chi connectivity index (χ0n) is 9.44. The number of hydrogen-bond acceptors (Lipinski definition) is 3. The molecular weight excluding hydrogens is 222 g/mol. The smallest absolute Gasteiger partial charge is 0.179 e. The molecule has 1 heterocycles. The van der Waals surface area contributed by atoms with Crippen molar-refractivity contribution in [2.24, 2.45) is 0 Å². The molecule has 3 nitrogen and oxygen atoms in total. The van der Waals surface area contributed by atoms with Crippen molar-refractivity contribution in [1.29, 1.82) is 0 Å². The lowest BCUT2D eigenvalue weighted by molar-refractivity contribution is 0.577. The largest absolute Gasteiger partial charge is 0.313 e. The van der Waals surface area contributed by atoms with E-state index in [1.165, 1.54) is 0 Å². The summed E-state index contributed by atoms with van der Waals surface area (Å²) in [5.41, 5.74) is 1.08. The molecule has 1 N–H and O–H groups in total. The summed E-state index contributed by atoms with van der Waals surface area (Å²) in [6, 6.07) is 7.20. The van der Waals surface area contributed by atoms with E-state index in [4.69, 9.17) is 0 Å². The van der Waals surface area contributed by atoms with Gasteiger partial charge in [-0.3, -0.25) is 0 Å². The topological polar surface area (TPSA) is 46.2 Å². The normalized spacial score (nSPS) is 21.2. The quantitative estimate of drug-likeness (QED) is 0.870. The van der Waals surface area contributed by atoms with Gasteiger partial charge in [0.25, 0.3) is 0 Å². The first-order valence-corrected chi connectivity index (χ1v) is 7.26. The van der Waals surface area contributed by atoms with Gasteiger partial charge in [0.15, 0.2) is 9.84 Å². The third-order valence-electron chi connectivity index (χ3n) is 2.96. The molecule has 0 amide bonds. The maximum atomic E-state index is 12.1. The third-order valence-corrected chi connectivity index (χ3v) is 4.79. The molecule has 2 rings (SSSR count). The van der Waals surface area contributed by atoms with Crippen LogP contribution in [0.15, 0.2) is 29.2 Å². The molecule has 88 valence electrons. The summed E-state index contributed by atoms with van der Waals surface area (Å²) in [6.45, 7) is 2.89. The van der Waals surface area contributed by atoms with E-state index in [-0.39, 0.29) is 11.8 Å². The van der Waals surface area contributed by atoms with Crippen molar-refractivity contribution in [1.82, 2.24) is 5.32 Å². The zero-order valence-corrected chi connectivity index (χ0v) is 10.3. The molecule has 1 atom stereocenters. The SMILES string of the molecule is Cc1ccc(S(=O)(=O)C[C@H]2CCCN2)cc1. The fourth-order valence-corrected chi connectivity index (χ4v) is 3.56. The van der Waals surface area contributed by atoms with Crippen LogP contribution < -0.4 is 5.32 Å². The van der Waals surface area contributed by atoms with Crippen LogP contribution >= 0.6 is 0 Å². The second kappa shape index (κ2) is 4.55. The van der Waals surface area contributed by atoms with E-state index in [2.05, 4.69) is 5.32 Å². The minimum atomic E-state index is -3.12. The Hall–Kier alpha value is -0.870. The van der Waals surface area contributed by atoms with Crippen LogP contribution in [0.1, 0.15) is 18.4 Å². The molecule has 0 spiro atoms. The van der Waals surface area contributed by atoms with Crippen LogP contribution in [0.2, 0.25) is 0 Å². The van der Waals surface area contributed by atoms with E-state index in [0.717, 1.165) is 24.9 Å². The molecule has 4 heteroatoms. The molecule has 1 fully saturated rings. The van der Waals surface area contributed by atoms with Crippen LogP contribution in [0.25, 0.3) is 0 Å². The van der Waals surface area contributed by atoms with Gasteiger partial charge in [-0.1, -0.05) is 17.7 Å². The highest BCUT2D eigenvalue weighted by molar-refractivity contribution is 7.91. The van der Waals surface area contributed by atoms with Crippen molar-refractivity contribution in [2.45, 2.75) is 30.7 Å². The maximum absolute atomic E-state index is 12.1. The van der Waals surface area contributed by atoms with Crippen molar-refractivity contribution in [3.05, 3.63) is 29.8 Å². The monoisotopic (exact) mass is 239 g/mol. The molecular formula is C12H17NO2S. The highest BCUT2D eigenvalue weighted by atomic mass is 32.2. The first kappa shape index (κ1) is 11.6. The minimum Gasteiger partial charge on any atom is -0.313 e. The minimum absolute atomic E-state index is 0.131. The van der Waals surface area contributed by atoms with Gasteiger partial charge in [-0.2, -0.15) is 0 Å². The van der Waals surface area contributed by atoms with Crippen LogP contribution in [-0.2, 0) is 9.84 Å². The van der Waals surface area contributed by atoms with E-state index in [0.29, 0.717) is 4.90 Å². The average Bonchev–Trinajstić information content (AvgIpc) is 2.70. The molecule has 0 aromatic heterocycles. The van der Waals surface area contributed by atoms with E-state index in [1.807, 2.05) is 19.1 Å². The highest BCUT2D eigenvalue weighted by Gasteiger charge is 2.23. The van der Waals surface area contributed by atoms with Gasteiger partial charge in [0.1, 0.15) is 0 Å². The molecule has 1 aliphatic heterocycles. The first-order valence-electron chi connectivity index (χ1n) is 5.61. The predicted octanol–water partition coefficient (Wildman–Crippen LogP) is 1.52. The Morgan fingerprint density at radius 2 is 2.00 bits per heavy atom. The van der Waals surface area contributed by atoms with Crippen LogP contribution in [0.5, 0.6) is 0 Å². The average molecular weight is 239 g/mol. The standard InChI is InChI=1S/C12H17NO2S/c1-10-4-6-12(7-5-10)16(14,15)9-11-3-2-8-13-11/h4-7,11,13H,2-3,8-9H2,1H3/t11-/m1/s1. The van der Waals surface area contributed by atoms with Gasteiger partial charge in [0, 0.05) is 6.04 Å². The number of aryl methyl sites for hydroxylation is 1. The molecule has 1 aliphatic rings. The van der Waals surface area contributed by atoms with Crippen molar-refractivity contribution < 1.29 is 8.42 Å². The Morgan fingerprint density at radius 3 is 2.56 bits per heavy atom. The van der Waals surface area contributed by atoms with Crippen LogP contribution in [0.3, 0.4) is 0 Å². The molecule has 1 aromatic carbocycles. The lowest BCUT2D eigenvalue weighted by Crippen LogP contribution is -2.29. The lowest BCUT2D eigenvalue weighted by Gasteiger charge is -2.10. The van der Waals surface area contributed by atoms with Gasteiger partial charge in [0.05, 0.1) is 10.6 Å². The molecule has 0 unspecified atom stereocenters. The summed E-state index contributed by atoms with van der Waals surface area (Å²) in [5, 5.41) is 3.21. The summed E-state index contributed by atoms with van der Waals surface area (Å²) in [7, 11) is -3.12. The Morgan fingerprint density at radius 1 is 1.31 bits per heavy atom. The Kier molecular flexibility index (Phi) is 3.30. The summed E-state index contributed by atoms with van der Waals surface area (Å²) in [6.07, 6.45) is 2.04. The molecule has 16 heavy (non-hydrogen) atoms. The summed E-state index contributed by atoms with van der Waals surface area (Å²) in [5.74, 6) is 0.218. The second-order valence-corrected chi connectivity index (χ2v) is 6.42. The Balaban J connectivity index is 2.14. The van der Waals surface area contributed by atoms with Crippen LogP contribution in [-0.4, -0.2) is 26.8 Å². The molecule has 0 aliphatic carbocycles. The van der Waals surface area contributed by atoms with Crippen LogP contribution in [0.4, 0.5) is 0 Å². The number of sulfone groups is 1. The lowest BCUT2D eigenvalue weighted by atomic mass is 10.2. The van der Waals surface area contributed by atoms with Crippen LogP contribution in [0, 0.1) is 6.92 Å².